The zero-order chi connectivity index (χ0) is 25.5. The van der Waals surface area contributed by atoms with Crippen molar-refractivity contribution in [2.24, 2.45) is 7.05 Å². The number of benzene rings is 1. The van der Waals surface area contributed by atoms with Crippen LogP contribution in [0.15, 0.2) is 54.4 Å². The number of nitrogens with zero attached hydrogens (tertiary/aromatic N) is 6. The SMILES string of the molecule is CN1CC=C(C#Cc2ccc(CN(C(=O)c3ccc4nc(N)c5cnn(C)c5c4c3)C3CC3)nc2)CC1. The predicted octanol–water partition coefficient (Wildman–Crippen LogP) is 3.52. The number of fused-ring (bicyclic) bond motifs is 3. The van der Waals surface area contributed by atoms with Gasteiger partial charge in [0.15, 0.2) is 0 Å². The molecular weight excluding hydrogens is 462 g/mol. The molecule has 37 heavy (non-hydrogen) atoms. The first-order valence-corrected chi connectivity index (χ1v) is 12.6. The summed E-state index contributed by atoms with van der Waals surface area (Å²) in [6, 6.07) is 9.81. The van der Waals surface area contributed by atoms with Crippen LogP contribution in [0.3, 0.4) is 0 Å². The topological polar surface area (TPSA) is 93.2 Å². The van der Waals surface area contributed by atoms with E-state index in [-0.39, 0.29) is 11.9 Å². The summed E-state index contributed by atoms with van der Waals surface area (Å²) in [7, 11) is 3.99. The van der Waals surface area contributed by atoms with Crippen molar-refractivity contribution in [3.8, 4) is 11.8 Å². The first-order chi connectivity index (χ1) is 18.0. The molecular formula is C29H29N7O. The van der Waals surface area contributed by atoms with E-state index >= 15 is 0 Å². The molecule has 1 aromatic carbocycles. The van der Waals surface area contributed by atoms with E-state index in [0.717, 1.165) is 65.4 Å². The zero-order valence-corrected chi connectivity index (χ0v) is 21.1. The molecule has 8 heteroatoms. The van der Waals surface area contributed by atoms with Gasteiger partial charge in [0, 0.05) is 54.5 Å². The lowest BCUT2D eigenvalue weighted by molar-refractivity contribution is 0.0728. The first kappa shape index (κ1) is 23.2. The van der Waals surface area contributed by atoms with Crippen molar-refractivity contribution in [1.82, 2.24) is 29.5 Å². The second kappa shape index (κ2) is 9.34. The highest BCUT2D eigenvalue weighted by Crippen LogP contribution is 2.32. The van der Waals surface area contributed by atoms with Crippen molar-refractivity contribution in [2.45, 2.75) is 31.8 Å². The Labute approximate surface area is 215 Å². The minimum absolute atomic E-state index is 0.00332. The maximum atomic E-state index is 13.7. The molecule has 1 saturated carbocycles. The lowest BCUT2D eigenvalue weighted by Gasteiger charge is -2.22. The molecule has 1 aliphatic carbocycles. The fourth-order valence-corrected chi connectivity index (χ4v) is 4.81. The number of hydrogen-bond donors (Lipinski definition) is 1. The van der Waals surface area contributed by atoms with E-state index in [0.29, 0.717) is 17.9 Å². The fourth-order valence-electron chi connectivity index (χ4n) is 4.81. The molecule has 2 N–H and O–H groups in total. The highest BCUT2D eigenvalue weighted by Gasteiger charge is 2.33. The largest absolute Gasteiger partial charge is 0.383 e. The van der Waals surface area contributed by atoms with Crippen molar-refractivity contribution in [1.29, 1.82) is 0 Å². The maximum Gasteiger partial charge on any atom is 0.254 e. The van der Waals surface area contributed by atoms with Crippen molar-refractivity contribution in [3.05, 3.63) is 71.2 Å². The normalized spacial score (nSPS) is 15.9. The molecule has 0 bridgehead atoms. The Balaban J connectivity index is 1.23. The Morgan fingerprint density at radius 3 is 2.73 bits per heavy atom. The van der Waals surface area contributed by atoms with Crippen molar-refractivity contribution < 1.29 is 4.79 Å². The van der Waals surface area contributed by atoms with Crippen LogP contribution < -0.4 is 5.73 Å². The smallest absolute Gasteiger partial charge is 0.254 e. The average Bonchev–Trinajstić information content (AvgIpc) is 3.68. The molecule has 0 radical (unpaired) electrons. The van der Waals surface area contributed by atoms with Crippen LogP contribution in [0.1, 0.15) is 40.9 Å². The molecule has 4 heterocycles. The van der Waals surface area contributed by atoms with Crippen LogP contribution in [0, 0.1) is 11.8 Å². The van der Waals surface area contributed by atoms with Gasteiger partial charge < -0.3 is 15.5 Å². The summed E-state index contributed by atoms with van der Waals surface area (Å²) in [5, 5.41) is 6.00. The Kier molecular flexibility index (Phi) is 5.85. The third kappa shape index (κ3) is 4.66. The number of hydrogen-bond acceptors (Lipinski definition) is 6. The van der Waals surface area contributed by atoms with Gasteiger partial charge in [0.1, 0.15) is 5.82 Å². The summed E-state index contributed by atoms with van der Waals surface area (Å²) in [4.78, 5) is 27.0. The minimum Gasteiger partial charge on any atom is -0.383 e. The van der Waals surface area contributed by atoms with Gasteiger partial charge in [-0.15, -0.1) is 0 Å². The Morgan fingerprint density at radius 1 is 1.14 bits per heavy atom. The molecule has 0 atom stereocenters. The molecule has 0 unspecified atom stereocenters. The zero-order valence-electron chi connectivity index (χ0n) is 21.1. The van der Waals surface area contributed by atoms with Crippen molar-refractivity contribution in [3.63, 3.8) is 0 Å². The number of nitrogens with two attached hydrogens (primary N) is 1. The van der Waals surface area contributed by atoms with Crippen LogP contribution >= 0.6 is 0 Å². The van der Waals surface area contributed by atoms with Crippen LogP contribution in [-0.2, 0) is 13.6 Å². The Bertz CT molecular complexity index is 1600. The molecule has 186 valence electrons. The van der Waals surface area contributed by atoms with Gasteiger partial charge in [-0.3, -0.25) is 14.5 Å². The fraction of sp³-hybridized carbons (Fsp3) is 0.310. The van der Waals surface area contributed by atoms with Crippen LogP contribution in [0.4, 0.5) is 5.82 Å². The van der Waals surface area contributed by atoms with Crippen molar-refractivity contribution >= 4 is 33.5 Å². The van der Waals surface area contributed by atoms with Crippen molar-refractivity contribution in [2.75, 3.05) is 25.9 Å². The van der Waals surface area contributed by atoms with Gasteiger partial charge in [-0.05, 0) is 56.6 Å². The summed E-state index contributed by atoms with van der Waals surface area (Å²) in [5.41, 5.74) is 11.3. The number of carbonyl (C=O) groups is 1. The van der Waals surface area contributed by atoms with Gasteiger partial charge in [0.2, 0.25) is 0 Å². The van der Waals surface area contributed by atoms with E-state index < -0.39 is 0 Å². The predicted molar refractivity (Wildman–Crippen MR) is 145 cm³/mol. The number of amides is 1. The number of likely N-dealkylation sites (N-methyl/N-ethyl adjacent to an activating group) is 1. The Morgan fingerprint density at radius 2 is 2.00 bits per heavy atom. The number of pyridine rings is 2. The first-order valence-electron chi connectivity index (χ1n) is 12.6. The molecule has 0 spiro atoms. The number of carbonyl (C=O) groups excluding carboxylic acids is 1. The van der Waals surface area contributed by atoms with Gasteiger partial charge in [-0.2, -0.15) is 5.10 Å². The van der Waals surface area contributed by atoms with Crippen LogP contribution in [-0.4, -0.2) is 61.6 Å². The molecule has 2 aliphatic rings. The number of anilines is 1. The van der Waals surface area contributed by atoms with Gasteiger partial charge in [-0.1, -0.05) is 17.9 Å². The minimum atomic E-state index is -0.00332. The monoisotopic (exact) mass is 491 g/mol. The van der Waals surface area contributed by atoms with E-state index in [4.69, 9.17) is 5.73 Å². The second-order valence-corrected chi connectivity index (χ2v) is 9.95. The number of aromatic nitrogens is 4. The molecule has 1 fully saturated rings. The van der Waals surface area contributed by atoms with E-state index in [1.54, 1.807) is 17.1 Å². The highest BCUT2D eigenvalue weighted by atomic mass is 16.2. The molecule has 8 nitrogen and oxygen atoms in total. The quantitative estimate of drug-likeness (QED) is 0.439. The van der Waals surface area contributed by atoms with Crippen LogP contribution in [0.2, 0.25) is 0 Å². The van der Waals surface area contributed by atoms with Gasteiger partial charge in [0.05, 0.1) is 34.9 Å². The molecule has 0 saturated heterocycles. The second-order valence-electron chi connectivity index (χ2n) is 9.95. The van der Waals surface area contributed by atoms with Crippen LogP contribution in [0.5, 0.6) is 0 Å². The summed E-state index contributed by atoms with van der Waals surface area (Å²) in [5.74, 6) is 6.95. The summed E-state index contributed by atoms with van der Waals surface area (Å²) in [6.45, 7) is 2.45. The third-order valence-corrected chi connectivity index (χ3v) is 7.14. The van der Waals surface area contributed by atoms with Gasteiger partial charge in [0.25, 0.3) is 5.91 Å². The average molecular weight is 492 g/mol. The van der Waals surface area contributed by atoms with Gasteiger partial charge in [-0.25, -0.2) is 4.98 Å². The highest BCUT2D eigenvalue weighted by molar-refractivity contribution is 6.10. The third-order valence-electron chi connectivity index (χ3n) is 7.14. The van der Waals surface area contributed by atoms with E-state index in [2.05, 4.69) is 44.9 Å². The van der Waals surface area contributed by atoms with E-state index in [1.807, 2.05) is 42.3 Å². The standard InChI is InChI=1S/C29H29N7O/c1-34-13-11-19(12-14-34)3-4-20-5-7-22(31-16-20)18-36(23-8-9-23)29(37)21-6-10-26-24(15-21)27-25(28(30)33-26)17-32-35(27)2/h5-7,10-11,15-17,23H,8-9,12-14,18H2,1-2H3,(H2,30,33). The molecule has 1 aliphatic heterocycles. The molecule has 4 aromatic rings. The van der Waals surface area contributed by atoms with Gasteiger partial charge >= 0.3 is 0 Å². The van der Waals surface area contributed by atoms with E-state index in [9.17, 15) is 4.79 Å². The van der Waals surface area contributed by atoms with E-state index in [1.165, 1.54) is 5.57 Å². The van der Waals surface area contributed by atoms with Crippen LogP contribution in [0.25, 0.3) is 21.8 Å². The molecule has 3 aromatic heterocycles. The lowest BCUT2D eigenvalue weighted by atomic mass is 10.1. The summed E-state index contributed by atoms with van der Waals surface area (Å²) < 4.78 is 1.78. The lowest BCUT2D eigenvalue weighted by Crippen LogP contribution is -2.32. The number of rotatable bonds is 4. The number of nitrogen functional groups attached to an aromatic ring is 1. The summed E-state index contributed by atoms with van der Waals surface area (Å²) in [6.07, 6.45) is 8.71. The molecule has 1 amide bonds. The Hall–Kier alpha value is -4.22. The summed E-state index contributed by atoms with van der Waals surface area (Å²) >= 11 is 0. The number of aryl methyl sites for hydroxylation is 1. The molecule has 6 rings (SSSR count). The maximum absolute atomic E-state index is 13.7.